The van der Waals surface area contributed by atoms with Crippen molar-refractivity contribution in [1.82, 2.24) is 5.32 Å². The summed E-state index contributed by atoms with van der Waals surface area (Å²) < 4.78 is 5.82. The predicted molar refractivity (Wildman–Crippen MR) is 62.6 cm³/mol. The maximum Gasteiger partial charge on any atom is 0.137 e. The number of phenolic OH excluding ortho intramolecular Hbond substituents is 1. The van der Waals surface area contributed by atoms with Crippen LogP contribution in [0.25, 0.3) is 0 Å². The van der Waals surface area contributed by atoms with E-state index in [-0.39, 0.29) is 5.75 Å². The van der Waals surface area contributed by atoms with Crippen LogP contribution in [0.15, 0.2) is 16.6 Å². The number of aromatic hydroxyl groups is 1. The van der Waals surface area contributed by atoms with Crippen molar-refractivity contribution in [2.75, 3.05) is 20.2 Å². The molecule has 1 saturated heterocycles. The van der Waals surface area contributed by atoms with E-state index in [4.69, 9.17) is 4.74 Å². The van der Waals surface area contributed by atoms with Crippen molar-refractivity contribution < 1.29 is 9.84 Å². The van der Waals surface area contributed by atoms with Gasteiger partial charge in [-0.25, -0.2) is 0 Å². The molecule has 3 nitrogen and oxygen atoms in total. The highest BCUT2D eigenvalue weighted by Crippen LogP contribution is 2.38. The van der Waals surface area contributed by atoms with Crippen LogP contribution in [-0.4, -0.2) is 25.3 Å². The van der Waals surface area contributed by atoms with Gasteiger partial charge in [0.1, 0.15) is 16.0 Å². The highest BCUT2D eigenvalue weighted by atomic mass is 79.9. The molecule has 4 heteroatoms. The molecule has 2 rings (SSSR count). The van der Waals surface area contributed by atoms with Gasteiger partial charge in [-0.2, -0.15) is 0 Å². The largest absolute Gasteiger partial charge is 0.507 e. The summed E-state index contributed by atoms with van der Waals surface area (Å²) in [4.78, 5) is 0. The van der Waals surface area contributed by atoms with E-state index in [1.165, 1.54) is 0 Å². The number of phenols is 1. The maximum absolute atomic E-state index is 9.73. The highest BCUT2D eigenvalue weighted by Gasteiger charge is 2.19. The van der Waals surface area contributed by atoms with Crippen LogP contribution in [0, 0.1) is 0 Å². The van der Waals surface area contributed by atoms with E-state index >= 15 is 0 Å². The molecule has 0 radical (unpaired) electrons. The Balaban J connectivity index is 2.35. The summed E-state index contributed by atoms with van der Waals surface area (Å²) in [5.74, 6) is 1.42. The number of benzene rings is 1. The number of halogens is 1. The molecular formula is C11H14BrNO2. The van der Waals surface area contributed by atoms with E-state index in [2.05, 4.69) is 21.2 Å². The van der Waals surface area contributed by atoms with Gasteiger partial charge in [-0.1, -0.05) is 0 Å². The zero-order chi connectivity index (χ0) is 10.8. The lowest BCUT2D eigenvalue weighted by atomic mass is 9.98. The molecule has 1 aliphatic heterocycles. The Labute approximate surface area is 97.6 Å². The molecule has 1 aromatic rings. The van der Waals surface area contributed by atoms with Crippen molar-refractivity contribution in [3.05, 3.63) is 22.2 Å². The second-order valence-corrected chi connectivity index (χ2v) is 4.54. The first-order valence-electron chi connectivity index (χ1n) is 4.99. The first-order chi connectivity index (χ1) is 7.22. The van der Waals surface area contributed by atoms with Crippen LogP contribution in [-0.2, 0) is 0 Å². The highest BCUT2D eigenvalue weighted by molar-refractivity contribution is 9.10. The third-order valence-corrected chi connectivity index (χ3v) is 3.59. The minimum Gasteiger partial charge on any atom is -0.507 e. The second kappa shape index (κ2) is 4.41. The van der Waals surface area contributed by atoms with Crippen LogP contribution in [0.3, 0.4) is 0 Å². The number of ether oxygens (including phenoxy) is 1. The van der Waals surface area contributed by atoms with Gasteiger partial charge in [0, 0.05) is 6.54 Å². The van der Waals surface area contributed by atoms with E-state index in [1.54, 1.807) is 7.11 Å². The fraction of sp³-hybridized carbons (Fsp3) is 0.455. The van der Waals surface area contributed by atoms with Gasteiger partial charge in [-0.3, -0.25) is 0 Å². The van der Waals surface area contributed by atoms with Gasteiger partial charge in [0.25, 0.3) is 0 Å². The Bertz CT molecular complexity index is 362. The molecule has 0 aromatic heterocycles. The van der Waals surface area contributed by atoms with Crippen LogP contribution in [0.4, 0.5) is 0 Å². The zero-order valence-electron chi connectivity index (χ0n) is 8.59. The average molecular weight is 272 g/mol. The number of methoxy groups -OCH3 is 1. The monoisotopic (exact) mass is 271 g/mol. The van der Waals surface area contributed by atoms with Gasteiger partial charge in [-0.15, -0.1) is 0 Å². The Morgan fingerprint density at radius 2 is 2.33 bits per heavy atom. The smallest absolute Gasteiger partial charge is 0.137 e. The molecular weight excluding hydrogens is 258 g/mol. The van der Waals surface area contributed by atoms with Crippen LogP contribution < -0.4 is 10.1 Å². The van der Waals surface area contributed by atoms with Crippen molar-refractivity contribution in [2.45, 2.75) is 12.3 Å². The Kier molecular flexibility index (Phi) is 3.17. The van der Waals surface area contributed by atoms with Gasteiger partial charge in [0.2, 0.25) is 0 Å². The standard InChI is InChI=1S/C11H14BrNO2/c1-15-10-5-8(4-9(14)11(10)12)7-2-3-13-6-7/h4-5,7,13-14H,2-3,6H2,1H3. The summed E-state index contributed by atoms with van der Waals surface area (Å²) in [5, 5.41) is 13.0. The molecule has 1 heterocycles. The normalized spacial score (nSPS) is 20.5. The molecule has 82 valence electrons. The molecule has 0 amide bonds. The fourth-order valence-corrected chi connectivity index (χ4v) is 2.32. The van der Waals surface area contributed by atoms with E-state index in [0.29, 0.717) is 16.1 Å². The minimum atomic E-state index is 0.247. The number of hydrogen-bond acceptors (Lipinski definition) is 3. The van der Waals surface area contributed by atoms with Crippen molar-refractivity contribution >= 4 is 15.9 Å². The topological polar surface area (TPSA) is 41.5 Å². The van der Waals surface area contributed by atoms with Crippen molar-refractivity contribution in [1.29, 1.82) is 0 Å². The molecule has 0 spiro atoms. The average Bonchev–Trinajstić information content (AvgIpc) is 2.75. The molecule has 15 heavy (non-hydrogen) atoms. The fourth-order valence-electron chi connectivity index (χ4n) is 1.93. The van der Waals surface area contributed by atoms with Crippen molar-refractivity contribution in [2.24, 2.45) is 0 Å². The van der Waals surface area contributed by atoms with E-state index in [1.807, 2.05) is 12.1 Å². The lowest BCUT2D eigenvalue weighted by Crippen LogP contribution is -2.08. The minimum absolute atomic E-state index is 0.247. The third kappa shape index (κ3) is 2.11. The molecule has 1 aliphatic rings. The first kappa shape index (κ1) is 10.8. The first-order valence-corrected chi connectivity index (χ1v) is 5.78. The van der Waals surface area contributed by atoms with Gasteiger partial charge in [-0.05, 0) is 52.5 Å². The SMILES string of the molecule is COc1cc(C2CCNC2)cc(O)c1Br. The third-order valence-electron chi connectivity index (χ3n) is 2.79. The molecule has 1 aromatic carbocycles. The lowest BCUT2D eigenvalue weighted by Gasteiger charge is -2.13. The summed E-state index contributed by atoms with van der Waals surface area (Å²) in [6, 6.07) is 3.80. The van der Waals surface area contributed by atoms with Gasteiger partial charge in [0.05, 0.1) is 7.11 Å². The summed E-state index contributed by atoms with van der Waals surface area (Å²) in [6.07, 6.45) is 1.12. The summed E-state index contributed by atoms with van der Waals surface area (Å²) in [6.45, 7) is 2.02. The molecule has 0 saturated carbocycles. The van der Waals surface area contributed by atoms with Crippen LogP contribution >= 0.6 is 15.9 Å². The number of hydrogen-bond donors (Lipinski definition) is 2. The van der Waals surface area contributed by atoms with Gasteiger partial charge in [0.15, 0.2) is 0 Å². The van der Waals surface area contributed by atoms with Crippen molar-refractivity contribution in [3.8, 4) is 11.5 Å². The van der Waals surface area contributed by atoms with E-state index in [9.17, 15) is 5.11 Å². The van der Waals surface area contributed by atoms with Gasteiger partial charge >= 0.3 is 0 Å². The van der Waals surface area contributed by atoms with Gasteiger partial charge < -0.3 is 15.2 Å². The zero-order valence-corrected chi connectivity index (χ0v) is 10.2. The molecule has 0 aliphatic carbocycles. The second-order valence-electron chi connectivity index (χ2n) is 3.75. The van der Waals surface area contributed by atoms with E-state index in [0.717, 1.165) is 25.1 Å². The quantitative estimate of drug-likeness (QED) is 0.867. The molecule has 1 unspecified atom stereocenters. The van der Waals surface area contributed by atoms with Crippen LogP contribution in [0.5, 0.6) is 11.5 Å². The molecule has 2 N–H and O–H groups in total. The lowest BCUT2D eigenvalue weighted by molar-refractivity contribution is 0.402. The van der Waals surface area contributed by atoms with Crippen molar-refractivity contribution in [3.63, 3.8) is 0 Å². The molecule has 1 fully saturated rings. The van der Waals surface area contributed by atoms with E-state index < -0.39 is 0 Å². The number of rotatable bonds is 2. The maximum atomic E-state index is 9.73. The molecule has 1 atom stereocenters. The summed E-state index contributed by atoms with van der Waals surface area (Å²) in [7, 11) is 1.61. The Morgan fingerprint density at radius 3 is 2.93 bits per heavy atom. The molecule has 0 bridgehead atoms. The number of nitrogens with one attached hydrogen (secondary N) is 1. The Morgan fingerprint density at radius 1 is 1.53 bits per heavy atom. The van der Waals surface area contributed by atoms with Crippen LogP contribution in [0.2, 0.25) is 0 Å². The Hall–Kier alpha value is -0.740. The van der Waals surface area contributed by atoms with Crippen LogP contribution in [0.1, 0.15) is 17.9 Å². The predicted octanol–water partition coefficient (Wildman–Crippen LogP) is 2.24. The summed E-state index contributed by atoms with van der Waals surface area (Å²) >= 11 is 3.29. The summed E-state index contributed by atoms with van der Waals surface area (Å²) in [5.41, 5.74) is 1.14.